The number of nitrogens with one attached hydrogen (secondary N) is 1. The lowest BCUT2D eigenvalue weighted by Gasteiger charge is -2.37. The van der Waals surface area contributed by atoms with Gasteiger partial charge in [0, 0.05) is 63.1 Å². The van der Waals surface area contributed by atoms with Crippen LogP contribution in [0, 0.1) is 0 Å². The third kappa shape index (κ3) is 6.09. The number of hydrogen-bond donors (Lipinski definition) is 1. The van der Waals surface area contributed by atoms with E-state index in [9.17, 15) is 14.4 Å². The van der Waals surface area contributed by atoms with Crippen molar-refractivity contribution in [2.75, 3.05) is 57.4 Å². The fourth-order valence-electron chi connectivity index (χ4n) is 4.36. The van der Waals surface area contributed by atoms with E-state index in [2.05, 4.69) is 5.32 Å². The van der Waals surface area contributed by atoms with Crippen LogP contribution in [0.15, 0.2) is 72.7 Å². The fraction of sp³-hybridized carbons (Fsp3) is 0.303. The fourth-order valence-corrected chi connectivity index (χ4v) is 4.36. The maximum atomic E-state index is 13.7. The number of carbonyl (C=O) groups excluding carboxylic acids is 3. The van der Waals surface area contributed by atoms with Crippen LogP contribution in [-0.4, -0.2) is 80.8 Å². The van der Waals surface area contributed by atoms with Crippen LogP contribution in [0.3, 0.4) is 0 Å². The first-order chi connectivity index (χ1) is 24.8. The number of likely N-dealkylation sites (N-methyl/N-ethyl adjacent to an activating group) is 2. The van der Waals surface area contributed by atoms with Gasteiger partial charge < -0.3 is 19.9 Å². The van der Waals surface area contributed by atoms with Crippen molar-refractivity contribution in [3.63, 3.8) is 0 Å². The number of fused-ring (bicyclic) bond motifs is 1. The first-order valence-corrected chi connectivity index (χ1v) is 12.6. The van der Waals surface area contributed by atoms with Gasteiger partial charge in [0.05, 0.1) is 28.9 Å². The van der Waals surface area contributed by atoms with Crippen LogP contribution >= 0.6 is 0 Å². The molecule has 1 N–H and O–H groups in total. The monoisotopic (exact) mass is 565 g/mol. The predicted octanol–water partition coefficient (Wildman–Crippen LogP) is 4.18. The van der Waals surface area contributed by atoms with Crippen molar-refractivity contribution in [3.8, 4) is 0 Å². The molecule has 1 saturated heterocycles. The van der Waals surface area contributed by atoms with E-state index in [0.717, 1.165) is 21.1 Å². The van der Waals surface area contributed by atoms with Gasteiger partial charge in [-0.15, -0.1) is 0 Å². The van der Waals surface area contributed by atoms with Crippen LogP contribution in [0.1, 0.15) is 51.8 Å². The van der Waals surface area contributed by atoms with Gasteiger partial charge in [0.1, 0.15) is 0 Å². The Kier molecular flexibility index (Phi) is 4.79. The van der Waals surface area contributed by atoms with Crippen molar-refractivity contribution in [2.45, 2.75) is 19.4 Å². The van der Waals surface area contributed by atoms with Crippen molar-refractivity contribution in [1.82, 2.24) is 9.80 Å². The Morgan fingerprint density at radius 3 is 2.61 bits per heavy atom. The quantitative estimate of drug-likeness (QED) is 0.342. The van der Waals surface area contributed by atoms with Gasteiger partial charge in [-0.1, -0.05) is 48.5 Å². The SMILES string of the molecule is [2H]c1c([2H])c2c(c([2H])c1C(=O)OC)NC(=O)/C2=C(\Cc1ccc(N(C(=O)CN2C([2H])([2H])C([2H])([2H])N(C)C([2H])(C)C2([2H])[2H])C([2H])([2H])[2H])cc1)c1ccccc1. The molecule has 212 valence electrons. The molecule has 8 heteroatoms. The van der Waals surface area contributed by atoms with Gasteiger partial charge in [-0.05, 0) is 61.3 Å². The van der Waals surface area contributed by atoms with Crippen LogP contribution in [0.4, 0.5) is 11.4 Å². The zero-order chi connectivity index (χ0) is 40.5. The maximum Gasteiger partial charge on any atom is 0.337 e. The third-order valence-electron chi connectivity index (χ3n) is 6.61. The normalized spacial score (nSPS) is 28.9. The molecule has 2 heterocycles. The van der Waals surface area contributed by atoms with E-state index >= 15 is 0 Å². The Morgan fingerprint density at radius 1 is 1.15 bits per heavy atom. The molecule has 1 fully saturated rings. The van der Waals surface area contributed by atoms with E-state index < -0.39 is 80.5 Å². The molecule has 2 aliphatic heterocycles. The topological polar surface area (TPSA) is 82.2 Å². The molecule has 0 radical (unpaired) electrons. The molecule has 2 amide bonds. The van der Waals surface area contributed by atoms with E-state index in [0.29, 0.717) is 26.5 Å². The zero-order valence-corrected chi connectivity index (χ0v) is 22.6. The second-order valence-electron chi connectivity index (χ2n) is 9.30. The summed E-state index contributed by atoms with van der Waals surface area (Å²) in [4.78, 5) is 40.9. The molecular weight excluding hydrogens is 516 g/mol. The van der Waals surface area contributed by atoms with E-state index in [1.54, 1.807) is 30.3 Å². The van der Waals surface area contributed by atoms with Gasteiger partial charge in [0.25, 0.3) is 5.91 Å². The van der Waals surface area contributed by atoms with Crippen LogP contribution in [-0.2, 0) is 20.7 Å². The first-order valence-electron chi connectivity index (χ1n) is 19.1. The molecule has 0 bridgehead atoms. The average Bonchev–Trinajstić information content (AvgIpc) is 3.44. The summed E-state index contributed by atoms with van der Waals surface area (Å²) < 4.78 is 114. The summed E-state index contributed by atoms with van der Waals surface area (Å²) in [7, 11) is 2.11. The highest BCUT2D eigenvalue weighted by molar-refractivity contribution is 6.37. The number of hydrogen-bond acceptors (Lipinski definition) is 6. The molecule has 2 aliphatic rings. The zero-order valence-electron chi connectivity index (χ0n) is 35.6. The van der Waals surface area contributed by atoms with Crippen LogP contribution in [0.2, 0.25) is 0 Å². The predicted molar refractivity (Wildman–Crippen MR) is 162 cm³/mol. The number of methoxy groups -OCH3 is 1. The minimum absolute atomic E-state index is 0.0219. The number of nitrogens with zero attached hydrogens (tertiary/aromatic N) is 3. The van der Waals surface area contributed by atoms with Crippen molar-refractivity contribution in [3.05, 3.63) is 95.0 Å². The number of rotatable bonds is 7. The Morgan fingerprint density at radius 2 is 1.90 bits per heavy atom. The molecule has 0 spiro atoms. The number of allylic oxidation sites excluding steroid dienone is 1. The Balaban J connectivity index is 1.56. The third-order valence-corrected chi connectivity index (χ3v) is 6.61. The summed E-state index contributed by atoms with van der Waals surface area (Å²) in [6.07, 6.45) is -0.0219. The maximum absolute atomic E-state index is 13.7. The number of benzene rings is 3. The van der Waals surface area contributed by atoms with Crippen molar-refractivity contribution < 1.29 is 36.9 Å². The lowest BCUT2D eigenvalue weighted by molar-refractivity contribution is -0.120. The van der Waals surface area contributed by atoms with Crippen molar-refractivity contribution in [2.24, 2.45) is 0 Å². The molecular formula is C33H36N4O4. The average molecular weight is 566 g/mol. The van der Waals surface area contributed by atoms with Gasteiger partial charge in [0.15, 0.2) is 0 Å². The lowest BCUT2D eigenvalue weighted by atomic mass is 9.90. The highest BCUT2D eigenvalue weighted by Crippen LogP contribution is 2.39. The summed E-state index contributed by atoms with van der Waals surface area (Å²) in [5.41, 5.74) is 0.451. The van der Waals surface area contributed by atoms with Gasteiger partial charge in [0.2, 0.25) is 5.91 Å². The lowest BCUT2D eigenvalue weighted by Crippen LogP contribution is -2.52. The van der Waals surface area contributed by atoms with Crippen LogP contribution < -0.4 is 10.2 Å². The van der Waals surface area contributed by atoms with Crippen LogP contribution in [0.5, 0.6) is 0 Å². The van der Waals surface area contributed by atoms with Gasteiger partial charge >= 0.3 is 5.97 Å². The Hall–Kier alpha value is -4.27. The number of carbonyl (C=O) groups is 3. The molecule has 3 aromatic rings. The minimum Gasteiger partial charge on any atom is -0.465 e. The number of ether oxygens (including phenoxy) is 1. The number of anilines is 2. The number of esters is 1. The van der Waals surface area contributed by atoms with Gasteiger partial charge in [-0.3, -0.25) is 14.5 Å². The molecule has 1 atom stereocenters. The molecule has 8 nitrogen and oxygen atoms in total. The second kappa shape index (κ2) is 12.1. The summed E-state index contributed by atoms with van der Waals surface area (Å²) in [5.74, 6) is -3.01. The summed E-state index contributed by atoms with van der Waals surface area (Å²) in [6, 6.07) is 10.0. The molecule has 3 aromatic carbocycles. The summed E-state index contributed by atoms with van der Waals surface area (Å²) in [5, 5.41) is 2.55. The van der Waals surface area contributed by atoms with Crippen LogP contribution in [0.25, 0.3) is 11.1 Å². The largest absolute Gasteiger partial charge is 0.465 e. The van der Waals surface area contributed by atoms with E-state index in [-0.39, 0.29) is 33.8 Å². The molecule has 0 aromatic heterocycles. The highest BCUT2D eigenvalue weighted by Gasteiger charge is 2.29. The summed E-state index contributed by atoms with van der Waals surface area (Å²) >= 11 is 0. The van der Waals surface area contributed by atoms with E-state index in [1.807, 2.05) is 0 Å². The Bertz CT molecular complexity index is 2030. The number of piperazine rings is 1. The highest BCUT2D eigenvalue weighted by atomic mass is 16.5. The standard InChI is InChI=1S/C33H36N4O4/c1-22-20-37(17-16-35(22)2)21-30(38)36(3)26-13-10-23(11-14-26)18-28(24-8-6-5-7-9-24)31-27-15-12-25(33(40)41-4)19-29(27)34-32(31)39/h5-15,19,22H,16-18,20-21H2,1-4H3,(H,34,39)/b31-28+/i3D3,12D,15D,16D2,17D2,19D,20D2,22D. The Labute approximate surface area is 259 Å². The van der Waals surface area contributed by atoms with Gasteiger partial charge in [-0.25, -0.2) is 4.79 Å². The van der Waals surface area contributed by atoms with E-state index in [4.69, 9.17) is 22.6 Å². The second-order valence-corrected chi connectivity index (χ2v) is 9.30. The van der Waals surface area contributed by atoms with Gasteiger partial charge in [-0.2, -0.15) is 0 Å². The number of amides is 2. The molecule has 41 heavy (non-hydrogen) atoms. The molecule has 1 unspecified atom stereocenters. The van der Waals surface area contributed by atoms with Crippen molar-refractivity contribution in [1.29, 1.82) is 0 Å². The smallest absolute Gasteiger partial charge is 0.337 e. The molecule has 0 saturated carbocycles. The summed E-state index contributed by atoms with van der Waals surface area (Å²) in [6.45, 7) is -12.6. The molecule has 0 aliphatic carbocycles. The first kappa shape index (κ1) is 16.2. The molecule has 5 rings (SSSR count). The van der Waals surface area contributed by atoms with Crippen molar-refractivity contribution >= 4 is 40.3 Å². The van der Waals surface area contributed by atoms with E-state index in [1.165, 1.54) is 24.3 Å². The minimum atomic E-state index is -3.19.